The maximum absolute atomic E-state index is 12.7. The van der Waals surface area contributed by atoms with Crippen molar-refractivity contribution >= 4 is 51.1 Å². The van der Waals surface area contributed by atoms with E-state index in [0.717, 1.165) is 75.3 Å². The van der Waals surface area contributed by atoms with Crippen LogP contribution in [0.25, 0.3) is 0 Å². The molecule has 53 heavy (non-hydrogen) atoms. The SMILES string of the molecule is COc1cc(NC(=O)CC2CC(N3Cc4c(Br)cccc4C3=O)C2)ccc1C.COc1cc(NC(=O)CC2CC(NC(=O)OC(C)(C)C)C2)ccc1C. The summed E-state index contributed by atoms with van der Waals surface area (Å²) < 4.78 is 16.8. The summed E-state index contributed by atoms with van der Waals surface area (Å²) in [6, 6.07) is 17.3. The van der Waals surface area contributed by atoms with E-state index in [1.807, 2.05) is 94.1 Å². The quantitative estimate of drug-likeness (QED) is 0.189. The molecule has 0 bridgehead atoms. The lowest BCUT2D eigenvalue weighted by Crippen LogP contribution is -2.46. The monoisotopic (exact) mass is 790 g/mol. The predicted molar refractivity (Wildman–Crippen MR) is 208 cm³/mol. The molecule has 4 amide bonds. The lowest BCUT2D eigenvalue weighted by atomic mass is 9.77. The van der Waals surface area contributed by atoms with Crippen LogP contribution in [0.2, 0.25) is 0 Å². The summed E-state index contributed by atoms with van der Waals surface area (Å²) >= 11 is 3.54. The molecule has 0 atom stereocenters. The van der Waals surface area contributed by atoms with Crippen LogP contribution in [0.4, 0.5) is 16.2 Å². The minimum atomic E-state index is -0.498. The first kappa shape index (κ1) is 39.6. The molecule has 0 spiro atoms. The Morgan fingerprint density at radius 1 is 0.811 bits per heavy atom. The Balaban J connectivity index is 0.000000206. The van der Waals surface area contributed by atoms with Crippen molar-refractivity contribution in [2.75, 3.05) is 24.9 Å². The van der Waals surface area contributed by atoms with Crippen LogP contribution in [0, 0.1) is 25.7 Å². The number of rotatable bonds is 10. The highest BCUT2D eigenvalue weighted by Gasteiger charge is 2.41. The fourth-order valence-electron chi connectivity index (χ4n) is 6.97. The normalized spacial score (nSPS) is 20.1. The van der Waals surface area contributed by atoms with E-state index in [2.05, 4.69) is 31.9 Å². The van der Waals surface area contributed by atoms with Crippen molar-refractivity contribution in [1.29, 1.82) is 0 Å². The summed E-state index contributed by atoms with van der Waals surface area (Å²) in [4.78, 5) is 50.8. The topological polar surface area (TPSA) is 135 Å². The summed E-state index contributed by atoms with van der Waals surface area (Å²) in [6.07, 6.45) is 3.87. The molecule has 0 saturated heterocycles. The number of benzene rings is 3. The molecule has 3 aliphatic rings. The molecule has 0 aromatic heterocycles. The zero-order valence-electron chi connectivity index (χ0n) is 31.6. The first-order valence-electron chi connectivity index (χ1n) is 18.1. The fourth-order valence-corrected chi connectivity index (χ4v) is 7.46. The van der Waals surface area contributed by atoms with Crippen LogP contribution < -0.4 is 25.4 Å². The number of methoxy groups -OCH3 is 2. The number of aryl methyl sites for hydroxylation is 2. The average molecular weight is 792 g/mol. The molecule has 3 N–H and O–H groups in total. The van der Waals surface area contributed by atoms with Crippen molar-refractivity contribution in [2.24, 2.45) is 11.8 Å². The minimum absolute atomic E-state index is 0.00753. The molecule has 1 aliphatic heterocycles. The first-order valence-corrected chi connectivity index (χ1v) is 18.9. The molecule has 11 nitrogen and oxygen atoms in total. The molecule has 1 heterocycles. The van der Waals surface area contributed by atoms with Crippen molar-refractivity contribution in [3.05, 3.63) is 81.3 Å². The third kappa shape index (κ3) is 10.5. The van der Waals surface area contributed by atoms with Gasteiger partial charge in [0.1, 0.15) is 17.1 Å². The molecule has 0 radical (unpaired) electrons. The second-order valence-electron chi connectivity index (χ2n) is 15.2. The van der Waals surface area contributed by atoms with Gasteiger partial charge in [-0.3, -0.25) is 14.4 Å². The van der Waals surface area contributed by atoms with Crippen molar-refractivity contribution in [3.8, 4) is 11.5 Å². The molecule has 2 aliphatic carbocycles. The first-order chi connectivity index (χ1) is 25.1. The molecule has 3 aromatic carbocycles. The third-order valence-corrected chi connectivity index (χ3v) is 10.6. The Morgan fingerprint density at radius 3 is 1.83 bits per heavy atom. The van der Waals surface area contributed by atoms with Crippen LogP contribution in [0.15, 0.2) is 59.1 Å². The third-order valence-electron chi connectivity index (χ3n) is 9.88. The second kappa shape index (κ2) is 17.0. The number of carbonyl (C=O) groups is 4. The van der Waals surface area contributed by atoms with Gasteiger partial charge in [-0.2, -0.15) is 0 Å². The molecule has 2 saturated carbocycles. The Kier molecular flexibility index (Phi) is 12.7. The summed E-state index contributed by atoms with van der Waals surface area (Å²) in [6.45, 7) is 10.1. The van der Waals surface area contributed by atoms with Gasteiger partial charge in [0.15, 0.2) is 0 Å². The summed E-state index contributed by atoms with van der Waals surface area (Å²) in [5, 5.41) is 8.69. The fraction of sp³-hybridized carbons (Fsp3) is 0.463. The van der Waals surface area contributed by atoms with Gasteiger partial charge in [0.2, 0.25) is 11.8 Å². The van der Waals surface area contributed by atoms with E-state index in [0.29, 0.717) is 25.3 Å². The van der Waals surface area contributed by atoms with Crippen LogP contribution in [0.1, 0.15) is 86.3 Å². The van der Waals surface area contributed by atoms with Crippen molar-refractivity contribution in [1.82, 2.24) is 10.2 Å². The lowest BCUT2D eigenvalue weighted by Gasteiger charge is -2.41. The zero-order chi connectivity index (χ0) is 38.4. The molecule has 3 aromatic rings. The van der Waals surface area contributed by atoms with Gasteiger partial charge in [0.05, 0.1) is 14.2 Å². The van der Waals surface area contributed by atoms with E-state index in [4.69, 9.17) is 14.2 Å². The van der Waals surface area contributed by atoms with E-state index < -0.39 is 11.7 Å². The summed E-state index contributed by atoms with van der Waals surface area (Å²) in [7, 11) is 3.24. The zero-order valence-corrected chi connectivity index (χ0v) is 33.2. The van der Waals surface area contributed by atoms with Gasteiger partial charge < -0.3 is 35.1 Å². The number of anilines is 2. The Hall–Kier alpha value is -4.58. The van der Waals surface area contributed by atoms with Crippen molar-refractivity contribution in [2.45, 2.75) is 97.4 Å². The Bertz CT molecular complexity index is 1830. The van der Waals surface area contributed by atoms with Gasteiger partial charge in [0, 0.05) is 65.0 Å². The molecule has 6 rings (SSSR count). The second-order valence-corrected chi connectivity index (χ2v) is 16.1. The molecular formula is C41H51BrN4O7. The number of ether oxygens (including phenoxy) is 3. The maximum Gasteiger partial charge on any atom is 0.407 e. The average Bonchev–Trinajstić information content (AvgIpc) is 3.39. The van der Waals surface area contributed by atoms with Gasteiger partial charge in [-0.25, -0.2) is 4.79 Å². The summed E-state index contributed by atoms with van der Waals surface area (Å²) in [5.74, 6) is 2.21. The summed E-state index contributed by atoms with van der Waals surface area (Å²) in [5.41, 5.74) is 4.91. The standard InChI is InChI=1S/C22H23BrN2O3.C19H28N2O4/c1-13-6-7-15(11-20(13)28-2)24-21(26)10-14-8-16(9-14)25-12-18-17(22(25)27)4-3-5-19(18)23;1-12-6-7-14(11-16(12)24-5)20-17(22)10-13-8-15(9-13)21-18(23)25-19(2,3)4/h3-7,11,14,16H,8-10,12H2,1-2H3,(H,24,26);6-7,11,13,15H,8-10H2,1-5H3,(H,20,22)(H,21,23). The molecular weight excluding hydrogens is 740 g/mol. The minimum Gasteiger partial charge on any atom is -0.496 e. The van der Waals surface area contributed by atoms with Gasteiger partial charge in [-0.05, 0) is 113 Å². The number of amides is 4. The van der Waals surface area contributed by atoms with E-state index in [9.17, 15) is 19.2 Å². The highest BCUT2D eigenvalue weighted by Crippen LogP contribution is 2.40. The Morgan fingerprint density at radius 2 is 1.34 bits per heavy atom. The van der Waals surface area contributed by atoms with E-state index in [-0.39, 0.29) is 35.7 Å². The number of hydrogen-bond acceptors (Lipinski definition) is 7. The van der Waals surface area contributed by atoms with Crippen LogP contribution in [0.5, 0.6) is 11.5 Å². The highest BCUT2D eigenvalue weighted by atomic mass is 79.9. The van der Waals surface area contributed by atoms with Gasteiger partial charge in [-0.15, -0.1) is 0 Å². The molecule has 12 heteroatoms. The van der Waals surface area contributed by atoms with Crippen LogP contribution in [-0.4, -0.2) is 60.6 Å². The number of fused-ring (bicyclic) bond motifs is 1. The number of halogens is 1. The van der Waals surface area contributed by atoms with Crippen LogP contribution in [-0.2, 0) is 20.9 Å². The van der Waals surface area contributed by atoms with E-state index in [1.54, 1.807) is 14.2 Å². The smallest absolute Gasteiger partial charge is 0.407 e. The molecule has 2 fully saturated rings. The number of nitrogens with one attached hydrogen (secondary N) is 3. The van der Waals surface area contributed by atoms with E-state index in [1.165, 1.54) is 0 Å². The highest BCUT2D eigenvalue weighted by molar-refractivity contribution is 9.10. The van der Waals surface area contributed by atoms with Crippen molar-refractivity contribution < 1.29 is 33.4 Å². The predicted octanol–water partition coefficient (Wildman–Crippen LogP) is 8.16. The van der Waals surface area contributed by atoms with E-state index >= 15 is 0 Å². The largest absolute Gasteiger partial charge is 0.496 e. The van der Waals surface area contributed by atoms with Crippen LogP contribution >= 0.6 is 15.9 Å². The van der Waals surface area contributed by atoms with Crippen molar-refractivity contribution in [3.63, 3.8) is 0 Å². The number of alkyl carbamates (subject to hydrolysis) is 1. The number of hydrogen-bond donors (Lipinski definition) is 3. The van der Waals surface area contributed by atoms with Gasteiger partial charge in [-0.1, -0.05) is 34.1 Å². The maximum atomic E-state index is 12.7. The number of carbonyl (C=O) groups excluding carboxylic acids is 4. The van der Waals surface area contributed by atoms with Gasteiger partial charge in [0.25, 0.3) is 5.91 Å². The van der Waals surface area contributed by atoms with Crippen LogP contribution in [0.3, 0.4) is 0 Å². The lowest BCUT2D eigenvalue weighted by molar-refractivity contribution is -0.118. The molecule has 284 valence electrons. The Labute approximate surface area is 320 Å². The number of nitrogens with zero attached hydrogens (tertiary/aromatic N) is 1. The van der Waals surface area contributed by atoms with Gasteiger partial charge >= 0.3 is 6.09 Å². The molecule has 0 unspecified atom stereocenters.